The lowest BCUT2D eigenvalue weighted by molar-refractivity contribution is -0.147. The molecule has 4 rings (SSSR count). The first-order valence-electron chi connectivity index (χ1n) is 16.1. The minimum Gasteiger partial charge on any atom is -0.493 e. The second-order valence-corrected chi connectivity index (χ2v) is 11.7. The van der Waals surface area contributed by atoms with E-state index in [4.69, 9.17) is 18.9 Å². The summed E-state index contributed by atoms with van der Waals surface area (Å²) in [5.74, 6) is -0.633. The van der Waals surface area contributed by atoms with Gasteiger partial charge in [0.1, 0.15) is 17.3 Å². The summed E-state index contributed by atoms with van der Waals surface area (Å²) in [4.78, 5) is 57.4. The molecular formula is C37H42N4O8. The van der Waals surface area contributed by atoms with Crippen molar-refractivity contribution < 1.29 is 38.1 Å². The molecule has 2 atom stereocenters. The topological polar surface area (TPSA) is 148 Å². The quantitative estimate of drug-likeness (QED) is 0.152. The van der Waals surface area contributed by atoms with Gasteiger partial charge in [-0.05, 0) is 93.8 Å². The normalized spacial score (nSPS) is 18.1. The number of carbonyl (C=O) groups excluding carboxylic acids is 4. The number of nitrogens with zero attached hydrogens (tertiary/aromatic N) is 4. The van der Waals surface area contributed by atoms with Crippen molar-refractivity contribution >= 4 is 30.3 Å². The summed E-state index contributed by atoms with van der Waals surface area (Å²) < 4.78 is 23.1. The van der Waals surface area contributed by atoms with Gasteiger partial charge in [-0.25, -0.2) is 0 Å². The summed E-state index contributed by atoms with van der Waals surface area (Å²) in [5, 5.41) is 9.52. The zero-order valence-corrected chi connectivity index (χ0v) is 28.8. The molecule has 0 saturated carbocycles. The van der Waals surface area contributed by atoms with Gasteiger partial charge in [0.2, 0.25) is 11.8 Å². The van der Waals surface area contributed by atoms with Crippen LogP contribution in [0.1, 0.15) is 45.2 Å². The van der Waals surface area contributed by atoms with Gasteiger partial charge in [0.05, 0.1) is 39.3 Å². The lowest BCUT2D eigenvalue weighted by Crippen LogP contribution is -2.46. The third-order valence-electron chi connectivity index (χ3n) is 8.89. The average molecular weight is 671 g/mol. The van der Waals surface area contributed by atoms with Gasteiger partial charge in [0.25, 0.3) is 11.8 Å². The largest absolute Gasteiger partial charge is 0.493 e. The molecule has 12 heteroatoms. The number of nitriles is 1. The van der Waals surface area contributed by atoms with E-state index in [2.05, 4.69) is 11.7 Å². The SMILES string of the molecule is C=NC1=C(C)C(Cc2ccc(OCCCOc3ccc(CC4C(=O)N(CC)C(=O)C(C#N)=C4C)cc3OC)c(OC)c2)C(=O)N(CC)C1=O. The molecule has 0 fully saturated rings. The summed E-state index contributed by atoms with van der Waals surface area (Å²) in [5.41, 5.74) is 2.95. The predicted octanol–water partition coefficient (Wildman–Crippen LogP) is 4.46. The molecule has 0 aromatic heterocycles. The van der Waals surface area contributed by atoms with E-state index >= 15 is 0 Å². The minimum absolute atomic E-state index is 0.0138. The monoisotopic (exact) mass is 670 g/mol. The minimum atomic E-state index is -0.623. The predicted molar refractivity (Wildman–Crippen MR) is 181 cm³/mol. The number of likely N-dealkylation sites (N-methyl/N-ethyl adjacent to an activating group) is 2. The van der Waals surface area contributed by atoms with Gasteiger partial charge < -0.3 is 18.9 Å². The molecule has 0 bridgehead atoms. The summed E-state index contributed by atoms with van der Waals surface area (Å²) >= 11 is 0. The van der Waals surface area contributed by atoms with E-state index in [-0.39, 0.29) is 36.2 Å². The molecule has 2 aliphatic heterocycles. The summed E-state index contributed by atoms with van der Waals surface area (Å²) in [6.07, 6.45) is 1.22. The van der Waals surface area contributed by atoms with Gasteiger partial charge in [-0.15, -0.1) is 0 Å². The van der Waals surface area contributed by atoms with Crippen molar-refractivity contribution in [3.05, 3.63) is 69.9 Å². The molecule has 2 heterocycles. The Morgan fingerprint density at radius 2 is 1.22 bits per heavy atom. The number of methoxy groups -OCH3 is 2. The fraction of sp³-hybridized carbons (Fsp3) is 0.405. The van der Waals surface area contributed by atoms with E-state index < -0.39 is 23.7 Å². The van der Waals surface area contributed by atoms with Gasteiger partial charge in [-0.2, -0.15) is 5.26 Å². The molecule has 0 N–H and O–H groups in total. The number of carbonyl (C=O) groups is 4. The highest BCUT2D eigenvalue weighted by atomic mass is 16.5. The van der Waals surface area contributed by atoms with E-state index in [0.717, 1.165) is 16.0 Å². The summed E-state index contributed by atoms with van der Waals surface area (Å²) in [6, 6.07) is 12.8. The highest BCUT2D eigenvalue weighted by Crippen LogP contribution is 2.35. The molecule has 0 aliphatic carbocycles. The molecule has 2 aromatic carbocycles. The number of hydrogen-bond donors (Lipinski definition) is 0. The lowest BCUT2D eigenvalue weighted by atomic mass is 9.85. The van der Waals surface area contributed by atoms with E-state index in [1.165, 1.54) is 12.0 Å². The van der Waals surface area contributed by atoms with Crippen LogP contribution in [0.5, 0.6) is 23.0 Å². The highest BCUT2D eigenvalue weighted by molar-refractivity contribution is 6.11. The second kappa shape index (κ2) is 16.1. The van der Waals surface area contributed by atoms with Gasteiger partial charge >= 0.3 is 0 Å². The van der Waals surface area contributed by atoms with Crippen molar-refractivity contribution in [2.45, 2.75) is 47.0 Å². The van der Waals surface area contributed by atoms with Crippen molar-refractivity contribution in [1.29, 1.82) is 5.26 Å². The lowest BCUT2D eigenvalue weighted by Gasteiger charge is -2.31. The van der Waals surface area contributed by atoms with Crippen LogP contribution in [0.4, 0.5) is 0 Å². The molecule has 0 spiro atoms. The van der Waals surface area contributed by atoms with Crippen LogP contribution in [-0.4, -0.2) is 80.7 Å². The first-order chi connectivity index (χ1) is 23.5. The molecule has 2 aliphatic rings. The van der Waals surface area contributed by atoms with Crippen LogP contribution >= 0.6 is 0 Å². The molecular weight excluding hydrogens is 628 g/mol. The van der Waals surface area contributed by atoms with Crippen LogP contribution in [0.25, 0.3) is 0 Å². The van der Waals surface area contributed by atoms with Crippen LogP contribution in [-0.2, 0) is 32.0 Å². The van der Waals surface area contributed by atoms with Gasteiger partial charge in [0.15, 0.2) is 23.0 Å². The molecule has 49 heavy (non-hydrogen) atoms. The van der Waals surface area contributed by atoms with Gasteiger partial charge in [0, 0.05) is 19.5 Å². The smallest absolute Gasteiger partial charge is 0.278 e. The zero-order chi connectivity index (χ0) is 35.8. The fourth-order valence-electron chi connectivity index (χ4n) is 6.11. The van der Waals surface area contributed by atoms with Crippen LogP contribution in [0.3, 0.4) is 0 Å². The molecule has 0 radical (unpaired) electrons. The van der Waals surface area contributed by atoms with E-state index in [9.17, 15) is 24.4 Å². The van der Waals surface area contributed by atoms with Crippen molar-refractivity contribution in [2.75, 3.05) is 40.5 Å². The molecule has 2 unspecified atom stereocenters. The Bertz CT molecular complexity index is 1750. The number of amides is 4. The Kier molecular flexibility index (Phi) is 12.0. The maximum atomic E-state index is 13.1. The summed E-state index contributed by atoms with van der Waals surface area (Å²) in [6.45, 7) is 11.5. The van der Waals surface area contributed by atoms with Crippen LogP contribution in [0.2, 0.25) is 0 Å². The van der Waals surface area contributed by atoms with E-state index in [0.29, 0.717) is 66.6 Å². The van der Waals surface area contributed by atoms with Crippen molar-refractivity contribution in [1.82, 2.24) is 9.80 Å². The first kappa shape index (κ1) is 36.4. The molecule has 4 amide bonds. The van der Waals surface area contributed by atoms with Crippen LogP contribution in [0, 0.1) is 23.2 Å². The van der Waals surface area contributed by atoms with Crippen molar-refractivity contribution in [3.8, 4) is 29.1 Å². The van der Waals surface area contributed by atoms with Crippen LogP contribution in [0.15, 0.2) is 63.8 Å². The second-order valence-electron chi connectivity index (χ2n) is 11.7. The Morgan fingerprint density at radius 1 is 0.755 bits per heavy atom. The molecule has 12 nitrogen and oxygen atoms in total. The number of aliphatic imine (C=N–C) groups is 1. The number of benzene rings is 2. The Labute approximate surface area is 286 Å². The summed E-state index contributed by atoms with van der Waals surface area (Å²) in [7, 11) is 3.08. The number of imide groups is 2. The third kappa shape index (κ3) is 7.51. The first-order valence-corrected chi connectivity index (χ1v) is 16.1. The fourth-order valence-corrected chi connectivity index (χ4v) is 6.11. The Balaban J connectivity index is 1.35. The van der Waals surface area contributed by atoms with E-state index in [1.54, 1.807) is 53.0 Å². The average Bonchev–Trinajstić information content (AvgIpc) is 3.09. The number of hydrogen-bond acceptors (Lipinski definition) is 10. The van der Waals surface area contributed by atoms with Gasteiger partial charge in [-0.3, -0.25) is 34.0 Å². The van der Waals surface area contributed by atoms with Crippen molar-refractivity contribution in [2.24, 2.45) is 16.8 Å². The third-order valence-corrected chi connectivity index (χ3v) is 8.89. The highest BCUT2D eigenvalue weighted by Gasteiger charge is 2.39. The van der Waals surface area contributed by atoms with Gasteiger partial charge in [-0.1, -0.05) is 12.1 Å². The van der Waals surface area contributed by atoms with E-state index in [1.807, 2.05) is 24.3 Å². The Hall–Kier alpha value is -5.44. The zero-order valence-electron chi connectivity index (χ0n) is 28.8. The Morgan fingerprint density at radius 3 is 1.65 bits per heavy atom. The maximum absolute atomic E-state index is 13.1. The van der Waals surface area contributed by atoms with Crippen LogP contribution < -0.4 is 18.9 Å². The maximum Gasteiger partial charge on any atom is 0.278 e. The number of ether oxygens (including phenoxy) is 4. The molecule has 0 saturated heterocycles. The molecule has 2 aromatic rings. The number of rotatable bonds is 15. The standard InChI is InChI=1S/C37H42N4O8/c1-8-40-34(42)26(22(3)28(21-38)36(40)44)17-24-11-13-29(31(19-24)46-6)48-15-10-16-49-30-14-12-25(20-32(30)47-7)18-27-23(4)33(39-5)37(45)41(9-2)35(27)43/h11-14,19-20,26-27H,5,8-10,15-18H2,1-4,6-7H3. The van der Waals surface area contributed by atoms with Crippen molar-refractivity contribution in [3.63, 3.8) is 0 Å². The molecule has 258 valence electrons.